The maximum Gasteiger partial charge on any atom is 0.234 e. The maximum absolute atomic E-state index is 12.0. The molecule has 1 atom stereocenters. The zero-order valence-corrected chi connectivity index (χ0v) is 13.7. The Morgan fingerprint density at radius 1 is 1.27 bits per heavy atom. The quantitative estimate of drug-likeness (QED) is 0.823. The van der Waals surface area contributed by atoms with Crippen LogP contribution in [0.25, 0.3) is 0 Å². The van der Waals surface area contributed by atoms with Crippen LogP contribution in [0, 0.1) is 0 Å². The van der Waals surface area contributed by atoms with Gasteiger partial charge in [-0.2, -0.15) is 0 Å². The Labute approximate surface area is 136 Å². The fraction of sp³-hybridized carbons (Fsp3) is 0.562. The molecule has 22 heavy (non-hydrogen) atoms. The van der Waals surface area contributed by atoms with Crippen LogP contribution in [0.3, 0.4) is 0 Å². The highest BCUT2D eigenvalue weighted by Crippen LogP contribution is 2.21. The van der Waals surface area contributed by atoms with Gasteiger partial charge in [-0.25, -0.2) is 0 Å². The van der Waals surface area contributed by atoms with Gasteiger partial charge in [0.25, 0.3) is 0 Å². The van der Waals surface area contributed by atoms with Gasteiger partial charge < -0.3 is 15.3 Å². The summed E-state index contributed by atoms with van der Waals surface area (Å²) in [4.78, 5) is 16.5. The summed E-state index contributed by atoms with van der Waals surface area (Å²) in [5.74, 6) is -0.0592. The Balaban J connectivity index is 1.73. The van der Waals surface area contributed by atoms with Crippen LogP contribution in [0.2, 0.25) is 5.02 Å². The summed E-state index contributed by atoms with van der Waals surface area (Å²) in [6.45, 7) is 7.60. The topological polar surface area (TPSA) is 55.8 Å². The van der Waals surface area contributed by atoms with Crippen molar-refractivity contribution in [1.82, 2.24) is 15.1 Å². The highest BCUT2D eigenvalue weighted by atomic mass is 35.5. The number of likely N-dealkylation sites (N-methyl/N-ethyl adjacent to an activating group) is 1. The summed E-state index contributed by atoms with van der Waals surface area (Å²) in [6.07, 6.45) is -0.783. The first kappa shape index (κ1) is 17.2. The molecule has 1 fully saturated rings. The first-order valence-corrected chi connectivity index (χ1v) is 8.12. The fourth-order valence-corrected chi connectivity index (χ4v) is 2.85. The zero-order valence-electron chi connectivity index (χ0n) is 13.0. The Morgan fingerprint density at radius 3 is 2.55 bits per heavy atom. The van der Waals surface area contributed by atoms with Gasteiger partial charge in [0, 0.05) is 43.3 Å². The zero-order chi connectivity index (χ0) is 15.9. The van der Waals surface area contributed by atoms with Gasteiger partial charge in [-0.05, 0) is 12.6 Å². The molecule has 1 aromatic carbocycles. The second-order valence-corrected chi connectivity index (χ2v) is 5.96. The second kappa shape index (κ2) is 8.48. The molecule has 1 amide bonds. The van der Waals surface area contributed by atoms with E-state index in [1.165, 1.54) is 0 Å². The lowest BCUT2D eigenvalue weighted by Gasteiger charge is -2.33. The van der Waals surface area contributed by atoms with Crippen molar-refractivity contribution < 1.29 is 9.90 Å². The van der Waals surface area contributed by atoms with Gasteiger partial charge in [0.2, 0.25) is 5.91 Å². The van der Waals surface area contributed by atoms with E-state index in [2.05, 4.69) is 22.0 Å². The number of hydrogen-bond donors (Lipinski definition) is 2. The van der Waals surface area contributed by atoms with Gasteiger partial charge in [-0.1, -0.05) is 36.7 Å². The van der Waals surface area contributed by atoms with E-state index in [1.807, 2.05) is 12.1 Å². The minimum atomic E-state index is -0.783. The van der Waals surface area contributed by atoms with E-state index < -0.39 is 6.10 Å². The first-order valence-electron chi connectivity index (χ1n) is 7.74. The number of carbonyl (C=O) groups excluding carboxylic acids is 1. The van der Waals surface area contributed by atoms with Crippen LogP contribution in [0.5, 0.6) is 0 Å². The van der Waals surface area contributed by atoms with Crippen LogP contribution in [-0.4, -0.2) is 66.6 Å². The van der Waals surface area contributed by atoms with E-state index in [1.54, 1.807) is 12.1 Å². The number of halogens is 1. The third-order valence-corrected chi connectivity index (χ3v) is 4.38. The Hall–Kier alpha value is -1.14. The number of nitrogens with zero attached hydrogens (tertiary/aromatic N) is 2. The van der Waals surface area contributed by atoms with Crippen molar-refractivity contribution in [1.29, 1.82) is 0 Å². The summed E-state index contributed by atoms with van der Waals surface area (Å²) in [6, 6.07) is 7.13. The molecule has 5 nitrogen and oxygen atoms in total. The summed E-state index contributed by atoms with van der Waals surface area (Å²) < 4.78 is 0. The number of hydrogen-bond acceptors (Lipinski definition) is 4. The molecular formula is C16H24ClN3O2. The number of benzene rings is 1. The molecule has 0 spiro atoms. The SMILES string of the molecule is CCN1CCN(CC(=O)NCC(O)c2ccccc2Cl)CC1. The average molecular weight is 326 g/mol. The van der Waals surface area contributed by atoms with Crippen molar-refractivity contribution in [2.75, 3.05) is 45.8 Å². The van der Waals surface area contributed by atoms with Crippen LogP contribution in [0.1, 0.15) is 18.6 Å². The van der Waals surface area contributed by atoms with Crippen molar-refractivity contribution >= 4 is 17.5 Å². The van der Waals surface area contributed by atoms with Crippen molar-refractivity contribution in [2.24, 2.45) is 0 Å². The van der Waals surface area contributed by atoms with Crippen LogP contribution < -0.4 is 5.32 Å². The minimum Gasteiger partial charge on any atom is -0.387 e. The normalized spacial score (nSPS) is 18.1. The smallest absolute Gasteiger partial charge is 0.234 e. The van der Waals surface area contributed by atoms with Crippen molar-refractivity contribution in [3.8, 4) is 0 Å². The number of nitrogens with one attached hydrogen (secondary N) is 1. The Bertz CT molecular complexity index is 490. The van der Waals surface area contributed by atoms with Crippen LogP contribution in [-0.2, 0) is 4.79 Å². The van der Waals surface area contributed by atoms with Crippen molar-refractivity contribution in [3.05, 3.63) is 34.9 Å². The number of amides is 1. The summed E-state index contributed by atoms with van der Waals surface area (Å²) >= 11 is 6.03. The molecule has 0 saturated carbocycles. The lowest BCUT2D eigenvalue weighted by atomic mass is 10.1. The standard InChI is InChI=1S/C16H24ClN3O2/c1-2-19-7-9-20(10-8-19)12-16(22)18-11-15(21)13-5-3-4-6-14(13)17/h3-6,15,21H,2,7-12H2,1H3,(H,18,22). The highest BCUT2D eigenvalue weighted by molar-refractivity contribution is 6.31. The molecule has 1 heterocycles. The Kier molecular flexibility index (Phi) is 6.64. The third kappa shape index (κ3) is 4.95. The van der Waals surface area contributed by atoms with Gasteiger partial charge in [0.15, 0.2) is 0 Å². The predicted octanol–water partition coefficient (Wildman–Crippen LogP) is 1.13. The molecule has 0 aromatic heterocycles. The van der Waals surface area contributed by atoms with Gasteiger partial charge in [0.05, 0.1) is 12.6 Å². The van der Waals surface area contributed by atoms with Crippen LogP contribution in [0.4, 0.5) is 0 Å². The molecular weight excluding hydrogens is 302 g/mol. The number of carbonyl (C=O) groups is 1. The van der Waals surface area contributed by atoms with Crippen molar-refractivity contribution in [3.63, 3.8) is 0 Å². The van der Waals surface area contributed by atoms with E-state index in [0.29, 0.717) is 17.1 Å². The fourth-order valence-electron chi connectivity index (χ4n) is 2.59. The van der Waals surface area contributed by atoms with Gasteiger partial charge in [0.1, 0.15) is 0 Å². The molecule has 0 aliphatic carbocycles. The monoisotopic (exact) mass is 325 g/mol. The van der Waals surface area contributed by atoms with Gasteiger partial charge >= 0.3 is 0 Å². The number of aliphatic hydroxyl groups excluding tert-OH is 1. The molecule has 1 aliphatic heterocycles. The summed E-state index contributed by atoms with van der Waals surface area (Å²) in [5.41, 5.74) is 0.640. The molecule has 0 bridgehead atoms. The van der Waals surface area contributed by atoms with Crippen LogP contribution >= 0.6 is 11.6 Å². The second-order valence-electron chi connectivity index (χ2n) is 5.55. The van der Waals surface area contributed by atoms with E-state index in [9.17, 15) is 9.90 Å². The number of piperazine rings is 1. The molecule has 0 radical (unpaired) electrons. The predicted molar refractivity (Wildman–Crippen MR) is 88.0 cm³/mol. The lowest BCUT2D eigenvalue weighted by molar-refractivity contribution is -0.123. The molecule has 6 heteroatoms. The molecule has 122 valence electrons. The van der Waals surface area contributed by atoms with E-state index in [0.717, 1.165) is 32.7 Å². The van der Waals surface area contributed by atoms with E-state index >= 15 is 0 Å². The van der Waals surface area contributed by atoms with Crippen LogP contribution in [0.15, 0.2) is 24.3 Å². The molecule has 1 unspecified atom stereocenters. The van der Waals surface area contributed by atoms with Gasteiger partial charge in [-0.3, -0.25) is 9.69 Å². The Morgan fingerprint density at radius 2 is 1.91 bits per heavy atom. The molecule has 2 rings (SSSR count). The largest absolute Gasteiger partial charge is 0.387 e. The molecule has 1 saturated heterocycles. The number of aliphatic hydroxyl groups is 1. The number of rotatable bonds is 6. The average Bonchev–Trinajstić information content (AvgIpc) is 2.54. The van der Waals surface area contributed by atoms with Gasteiger partial charge in [-0.15, -0.1) is 0 Å². The molecule has 1 aromatic rings. The lowest BCUT2D eigenvalue weighted by Crippen LogP contribution is -2.49. The third-order valence-electron chi connectivity index (χ3n) is 4.04. The van der Waals surface area contributed by atoms with Crippen molar-refractivity contribution in [2.45, 2.75) is 13.0 Å². The molecule has 2 N–H and O–H groups in total. The molecule has 1 aliphatic rings. The maximum atomic E-state index is 12.0. The highest BCUT2D eigenvalue weighted by Gasteiger charge is 2.18. The van der Waals surface area contributed by atoms with E-state index in [-0.39, 0.29) is 12.5 Å². The van der Waals surface area contributed by atoms with E-state index in [4.69, 9.17) is 11.6 Å². The first-order chi connectivity index (χ1) is 10.6. The minimum absolute atomic E-state index is 0.0592. The summed E-state index contributed by atoms with van der Waals surface area (Å²) in [7, 11) is 0. The summed E-state index contributed by atoms with van der Waals surface area (Å²) in [5, 5.41) is 13.4.